The number of carbonyl (C=O) groups excluding carboxylic acids is 1. The molecule has 148 valence electrons. The number of para-hydroxylation sites is 1. The summed E-state index contributed by atoms with van der Waals surface area (Å²) in [6, 6.07) is 16.4. The molecule has 0 bridgehead atoms. The van der Waals surface area contributed by atoms with Gasteiger partial charge in [-0.05, 0) is 24.1 Å². The van der Waals surface area contributed by atoms with E-state index in [4.69, 9.17) is 4.74 Å². The molecular formula is C23H27FN2O2. The van der Waals surface area contributed by atoms with Crippen molar-refractivity contribution >= 4 is 12.0 Å². The van der Waals surface area contributed by atoms with Crippen LogP contribution in [-0.4, -0.2) is 54.5 Å². The van der Waals surface area contributed by atoms with Crippen molar-refractivity contribution in [3.05, 3.63) is 72.1 Å². The van der Waals surface area contributed by atoms with E-state index in [1.807, 2.05) is 30.0 Å². The van der Waals surface area contributed by atoms with Gasteiger partial charge in [-0.2, -0.15) is 0 Å². The smallest absolute Gasteiger partial charge is 0.263 e. The third kappa shape index (κ3) is 5.42. The molecule has 0 saturated carbocycles. The van der Waals surface area contributed by atoms with E-state index in [0.29, 0.717) is 19.5 Å². The van der Waals surface area contributed by atoms with Crippen molar-refractivity contribution in [2.45, 2.75) is 19.4 Å². The molecule has 0 N–H and O–H groups in total. The molecule has 1 heterocycles. The minimum Gasteiger partial charge on any atom is -0.478 e. The molecule has 1 fully saturated rings. The van der Waals surface area contributed by atoms with Crippen molar-refractivity contribution in [2.75, 3.05) is 32.7 Å². The highest BCUT2D eigenvalue weighted by Gasteiger charge is 2.28. The Morgan fingerprint density at radius 2 is 1.75 bits per heavy atom. The van der Waals surface area contributed by atoms with E-state index in [1.165, 1.54) is 11.6 Å². The lowest BCUT2D eigenvalue weighted by molar-refractivity contribution is -0.140. The minimum atomic E-state index is -0.651. The maximum Gasteiger partial charge on any atom is 0.263 e. The number of benzene rings is 2. The van der Waals surface area contributed by atoms with Crippen molar-refractivity contribution in [1.82, 2.24) is 9.80 Å². The second-order valence-electron chi connectivity index (χ2n) is 6.88. The highest BCUT2D eigenvalue weighted by Crippen LogP contribution is 2.19. The predicted octanol–water partition coefficient (Wildman–Crippen LogP) is 3.84. The lowest BCUT2D eigenvalue weighted by Crippen LogP contribution is -2.52. The van der Waals surface area contributed by atoms with Crippen LogP contribution in [0.25, 0.3) is 6.08 Å². The van der Waals surface area contributed by atoms with Crippen LogP contribution >= 0.6 is 0 Å². The second kappa shape index (κ2) is 10.0. The van der Waals surface area contributed by atoms with E-state index in [2.05, 4.69) is 29.2 Å². The van der Waals surface area contributed by atoms with Crippen LogP contribution in [0.15, 0.2) is 60.7 Å². The fourth-order valence-electron chi connectivity index (χ4n) is 3.26. The number of carbonyl (C=O) groups is 1. The van der Waals surface area contributed by atoms with Crippen LogP contribution in [0.2, 0.25) is 0 Å². The number of nitrogens with zero attached hydrogens (tertiary/aromatic N) is 2. The maximum absolute atomic E-state index is 13.8. The summed E-state index contributed by atoms with van der Waals surface area (Å²) in [6.45, 7) is 5.71. The van der Waals surface area contributed by atoms with Crippen LogP contribution in [0, 0.1) is 5.82 Å². The van der Waals surface area contributed by atoms with E-state index in [-0.39, 0.29) is 11.7 Å². The Bertz CT molecular complexity index is 786. The van der Waals surface area contributed by atoms with Crippen molar-refractivity contribution in [2.24, 2.45) is 0 Å². The Morgan fingerprint density at radius 3 is 2.43 bits per heavy atom. The van der Waals surface area contributed by atoms with Crippen LogP contribution < -0.4 is 4.74 Å². The average molecular weight is 382 g/mol. The van der Waals surface area contributed by atoms with Gasteiger partial charge in [0.05, 0.1) is 0 Å². The summed E-state index contributed by atoms with van der Waals surface area (Å²) in [4.78, 5) is 16.9. The van der Waals surface area contributed by atoms with Gasteiger partial charge in [-0.25, -0.2) is 4.39 Å². The van der Waals surface area contributed by atoms with Gasteiger partial charge in [0.1, 0.15) is 0 Å². The lowest BCUT2D eigenvalue weighted by Gasteiger charge is -2.35. The summed E-state index contributed by atoms with van der Waals surface area (Å²) in [6.07, 6.45) is 4.13. The summed E-state index contributed by atoms with van der Waals surface area (Å²) in [5, 5.41) is 0. The Kier molecular flexibility index (Phi) is 7.20. The third-order valence-electron chi connectivity index (χ3n) is 4.91. The summed E-state index contributed by atoms with van der Waals surface area (Å²) in [5.74, 6) is -0.374. The number of rotatable bonds is 7. The fourth-order valence-corrected chi connectivity index (χ4v) is 3.26. The number of halogens is 1. The zero-order chi connectivity index (χ0) is 19.8. The Morgan fingerprint density at radius 1 is 1.07 bits per heavy atom. The Balaban J connectivity index is 1.48. The van der Waals surface area contributed by atoms with E-state index in [9.17, 15) is 9.18 Å². The molecule has 28 heavy (non-hydrogen) atoms. The molecule has 1 aliphatic rings. The lowest BCUT2D eigenvalue weighted by atomic mass is 10.2. The van der Waals surface area contributed by atoms with Gasteiger partial charge in [0, 0.05) is 32.7 Å². The minimum absolute atomic E-state index is 0.0646. The van der Waals surface area contributed by atoms with Crippen LogP contribution in [-0.2, 0) is 4.79 Å². The predicted molar refractivity (Wildman–Crippen MR) is 110 cm³/mol. The van der Waals surface area contributed by atoms with Crippen LogP contribution in [0.1, 0.15) is 18.9 Å². The van der Waals surface area contributed by atoms with Gasteiger partial charge in [0.15, 0.2) is 17.7 Å². The normalized spacial score (nSPS) is 16.3. The number of piperazine rings is 1. The highest BCUT2D eigenvalue weighted by molar-refractivity contribution is 5.81. The first-order chi connectivity index (χ1) is 13.7. The Labute approximate surface area is 166 Å². The molecule has 3 rings (SSSR count). The molecule has 0 aromatic heterocycles. The van der Waals surface area contributed by atoms with Gasteiger partial charge in [-0.15, -0.1) is 0 Å². The second-order valence-corrected chi connectivity index (χ2v) is 6.88. The van der Waals surface area contributed by atoms with Gasteiger partial charge in [-0.1, -0.05) is 61.5 Å². The molecule has 0 spiro atoms. The zero-order valence-corrected chi connectivity index (χ0v) is 16.3. The van der Waals surface area contributed by atoms with E-state index < -0.39 is 11.9 Å². The first kappa shape index (κ1) is 20.1. The number of hydrogen-bond donors (Lipinski definition) is 0. The maximum atomic E-state index is 13.8. The molecule has 1 amide bonds. The molecule has 2 aromatic carbocycles. The summed E-state index contributed by atoms with van der Waals surface area (Å²) >= 11 is 0. The molecule has 0 aliphatic carbocycles. The first-order valence-corrected chi connectivity index (χ1v) is 9.81. The Hall–Kier alpha value is -2.66. The molecule has 4 nitrogen and oxygen atoms in total. The van der Waals surface area contributed by atoms with Crippen molar-refractivity contribution in [3.63, 3.8) is 0 Å². The summed E-state index contributed by atoms with van der Waals surface area (Å²) < 4.78 is 19.5. The first-order valence-electron chi connectivity index (χ1n) is 9.81. The molecular weight excluding hydrogens is 355 g/mol. The molecule has 1 saturated heterocycles. The summed E-state index contributed by atoms with van der Waals surface area (Å²) in [5.41, 5.74) is 1.19. The molecule has 0 unspecified atom stereocenters. The quantitative estimate of drug-likeness (QED) is 0.729. The average Bonchev–Trinajstić information content (AvgIpc) is 2.74. The van der Waals surface area contributed by atoms with Gasteiger partial charge >= 0.3 is 0 Å². The molecule has 1 aliphatic heterocycles. The van der Waals surface area contributed by atoms with Crippen LogP contribution in [0.3, 0.4) is 0 Å². The summed E-state index contributed by atoms with van der Waals surface area (Å²) in [7, 11) is 0. The fraction of sp³-hybridized carbons (Fsp3) is 0.348. The highest BCUT2D eigenvalue weighted by atomic mass is 19.1. The third-order valence-corrected chi connectivity index (χ3v) is 4.91. The van der Waals surface area contributed by atoms with E-state index >= 15 is 0 Å². The number of amides is 1. The van der Waals surface area contributed by atoms with Gasteiger partial charge in [0.2, 0.25) is 0 Å². The van der Waals surface area contributed by atoms with Crippen LogP contribution in [0.5, 0.6) is 5.75 Å². The SMILES string of the molecule is CC[C@@H](Oc1ccccc1F)C(=O)N1CCN(C/C=C/c2ccccc2)CC1. The van der Waals surface area contributed by atoms with Crippen molar-refractivity contribution in [1.29, 1.82) is 0 Å². The number of hydrogen-bond acceptors (Lipinski definition) is 3. The monoisotopic (exact) mass is 382 g/mol. The number of ether oxygens (including phenoxy) is 1. The van der Waals surface area contributed by atoms with Crippen LogP contribution in [0.4, 0.5) is 4.39 Å². The molecule has 0 radical (unpaired) electrons. The van der Waals surface area contributed by atoms with Gasteiger partial charge < -0.3 is 9.64 Å². The molecule has 2 aromatic rings. The topological polar surface area (TPSA) is 32.8 Å². The zero-order valence-electron chi connectivity index (χ0n) is 16.3. The largest absolute Gasteiger partial charge is 0.478 e. The van der Waals surface area contributed by atoms with Crippen molar-refractivity contribution < 1.29 is 13.9 Å². The van der Waals surface area contributed by atoms with Crippen molar-refractivity contribution in [3.8, 4) is 5.75 Å². The molecule has 1 atom stereocenters. The standard InChI is InChI=1S/C23H27FN2O2/c1-2-21(28-22-13-7-6-12-20(22)24)23(27)26-17-15-25(16-18-26)14-8-11-19-9-4-3-5-10-19/h3-13,21H,2,14-18H2,1H3/b11-8+/t21-/m1/s1. The molecule has 5 heteroatoms. The van der Waals surface area contributed by atoms with Gasteiger partial charge in [0.25, 0.3) is 5.91 Å². The van der Waals surface area contributed by atoms with Gasteiger partial charge in [-0.3, -0.25) is 9.69 Å². The van der Waals surface area contributed by atoms with E-state index in [0.717, 1.165) is 19.6 Å². The van der Waals surface area contributed by atoms with E-state index in [1.54, 1.807) is 18.2 Å².